The van der Waals surface area contributed by atoms with Gasteiger partial charge in [0.05, 0.1) is 0 Å². The Bertz CT molecular complexity index is 320. The van der Waals surface area contributed by atoms with Crippen molar-refractivity contribution in [2.24, 2.45) is 0 Å². The maximum absolute atomic E-state index is 3.56. The zero-order chi connectivity index (χ0) is 11.2. The first-order valence-electron chi connectivity index (χ1n) is 6.27. The van der Waals surface area contributed by atoms with E-state index in [1.54, 1.807) is 0 Å². The van der Waals surface area contributed by atoms with Crippen molar-refractivity contribution in [1.29, 1.82) is 0 Å². The van der Waals surface area contributed by atoms with Crippen LogP contribution >= 0.6 is 11.8 Å². The molecule has 1 N–H and O–H groups in total. The lowest BCUT2D eigenvalue weighted by Crippen LogP contribution is -2.17. The Morgan fingerprint density at radius 2 is 2.19 bits per heavy atom. The number of unbranched alkanes of at least 4 members (excludes halogenated alkanes) is 1. The molecule has 16 heavy (non-hydrogen) atoms. The Hall–Kier alpha value is -0.470. The molecule has 1 aromatic rings. The van der Waals surface area contributed by atoms with Crippen LogP contribution in [-0.2, 0) is 0 Å². The summed E-state index contributed by atoms with van der Waals surface area (Å²) < 4.78 is 0. The highest BCUT2D eigenvalue weighted by Crippen LogP contribution is 2.21. The molecule has 0 atom stereocenters. The fourth-order valence-electron chi connectivity index (χ4n) is 1.72. The van der Waals surface area contributed by atoms with E-state index in [2.05, 4.69) is 36.5 Å². The summed E-state index contributed by atoms with van der Waals surface area (Å²) in [5.74, 6) is 1.25. The fraction of sp³-hybridized carbons (Fsp3) is 0.571. The zero-order valence-electron chi connectivity index (χ0n) is 10.0. The number of nitrogens with one attached hydrogen (secondary N) is 1. The molecule has 1 aliphatic rings. The summed E-state index contributed by atoms with van der Waals surface area (Å²) >= 11 is 1.98. The SMILES string of the molecule is Cc1cccc(SCCCCNC2CC2)c1. The second-order valence-corrected chi connectivity index (χ2v) is 5.77. The average molecular weight is 235 g/mol. The quantitative estimate of drug-likeness (QED) is 0.572. The van der Waals surface area contributed by atoms with Gasteiger partial charge in [0.2, 0.25) is 0 Å². The van der Waals surface area contributed by atoms with Crippen LogP contribution in [0, 0.1) is 6.92 Å². The third kappa shape index (κ3) is 4.58. The molecular weight excluding hydrogens is 214 g/mol. The minimum atomic E-state index is 0.865. The standard InChI is InChI=1S/C14H21NS/c1-12-5-4-6-14(11-12)16-10-3-2-9-15-13-7-8-13/h4-6,11,13,15H,2-3,7-10H2,1H3. The van der Waals surface area contributed by atoms with Gasteiger partial charge in [-0.15, -0.1) is 11.8 Å². The molecule has 0 radical (unpaired) electrons. The van der Waals surface area contributed by atoms with E-state index >= 15 is 0 Å². The van der Waals surface area contributed by atoms with Gasteiger partial charge in [0.25, 0.3) is 0 Å². The van der Waals surface area contributed by atoms with Gasteiger partial charge in [0.1, 0.15) is 0 Å². The molecule has 88 valence electrons. The van der Waals surface area contributed by atoms with E-state index < -0.39 is 0 Å². The van der Waals surface area contributed by atoms with Gasteiger partial charge < -0.3 is 5.32 Å². The van der Waals surface area contributed by atoms with Crippen molar-refractivity contribution in [3.05, 3.63) is 29.8 Å². The van der Waals surface area contributed by atoms with Crippen LogP contribution in [0.25, 0.3) is 0 Å². The average Bonchev–Trinajstić information content (AvgIpc) is 3.07. The summed E-state index contributed by atoms with van der Waals surface area (Å²) in [6, 6.07) is 9.65. The van der Waals surface area contributed by atoms with E-state index in [9.17, 15) is 0 Å². The van der Waals surface area contributed by atoms with Gasteiger partial charge in [-0.1, -0.05) is 17.7 Å². The van der Waals surface area contributed by atoms with Crippen LogP contribution in [-0.4, -0.2) is 18.3 Å². The van der Waals surface area contributed by atoms with Gasteiger partial charge in [-0.05, 0) is 57.0 Å². The molecular formula is C14H21NS. The van der Waals surface area contributed by atoms with Crippen molar-refractivity contribution >= 4 is 11.8 Å². The van der Waals surface area contributed by atoms with Gasteiger partial charge >= 0.3 is 0 Å². The predicted octanol–water partition coefficient (Wildman–Crippen LogP) is 3.62. The van der Waals surface area contributed by atoms with Crippen LogP contribution < -0.4 is 5.32 Å². The second-order valence-electron chi connectivity index (χ2n) is 4.60. The monoisotopic (exact) mass is 235 g/mol. The van der Waals surface area contributed by atoms with Crippen LogP contribution in [0.5, 0.6) is 0 Å². The normalized spacial score (nSPS) is 15.3. The van der Waals surface area contributed by atoms with E-state index in [1.807, 2.05) is 11.8 Å². The van der Waals surface area contributed by atoms with Crippen LogP contribution in [0.3, 0.4) is 0 Å². The topological polar surface area (TPSA) is 12.0 Å². The zero-order valence-corrected chi connectivity index (χ0v) is 10.9. The van der Waals surface area contributed by atoms with Gasteiger partial charge in [0.15, 0.2) is 0 Å². The van der Waals surface area contributed by atoms with E-state index in [0.29, 0.717) is 0 Å². The molecule has 0 saturated heterocycles. The summed E-state index contributed by atoms with van der Waals surface area (Å²) in [6.07, 6.45) is 5.43. The van der Waals surface area contributed by atoms with Crippen molar-refractivity contribution in [1.82, 2.24) is 5.32 Å². The van der Waals surface area contributed by atoms with Gasteiger partial charge in [-0.2, -0.15) is 0 Å². The lowest BCUT2D eigenvalue weighted by Gasteiger charge is -2.04. The van der Waals surface area contributed by atoms with E-state index in [4.69, 9.17) is 0 Å². The summed E-state index contributed by atoms with van der Waals surface area (Å²) in [5.41, 5.74) is 1.36. The molecule has 0 unspecified atom stereocenters. The van der Waals surface area contributed by atoms with E-state index in [-0.39, 0.29) is 0 Å². The van der Waals surface area contributed by atoms with Crippen LogP contribution in [0.2, 0.25) is 0 Å². The summed E-state index contributed by atoms with van der Waals surface area (Å²) in [5, 5.41) is 3.56. The smallest absolute Gasteiger partial charge is 0.00745 e. The molecule has 2 rings (SSSR count). The van der Waals surface area contributed by atoms with Crippen molar-refractivity contribution in [3.63, 3.8) is 0 Å². The van der Waals surface area contributed by atoms with E-state index in [0.717, 1.165) is 6.04 Å². The molecule has 0 aromatic heterocycles. The first kappa shape index (κ1) is 12.0. The van der Waals surface area contributed by atoms with Crippen molar-refractivity contribution in [3.8, 4) is 0 Å². The molecule has 1 aromatic carbocycles. The molecule has 0 heterocycles. The highest BCUT2D eigenvalue weighted by atomic mass is 32.2. The molecule has 1 fully saturated rings. The molecule has 0 aliphatic heterocycles. The number of hydrogen-bond acceptors (Lipinski definition) is 2. The minimum absolute atomic E-state index is 0.865. The highest BCUT2D eigenvalue weighted by Gasteiger charge is 2.19. The highest BCUT2D eigenvalue weighted by molar-refractivity contribution is 7.99. The molecule has 1 nitrogen and oxygen atoms in total. The first-order chi connectivity index (χ1) is 7.84. The molecule has 0 bridgehead atoms. The number of rotatable bonds is 7. The van der Waals surface area contributed by atoms with Crippen LogP contribution in [0.4, 0.5) is 0 Å². The Balaban J connectivity index is 1.53. The number of aryl methyl sites for hydroxylation is 1. The third-order valence-electron chi connectivity index (χ3n) is 2.84. The maximum atomic E-state index is 3.56. The largest absolute Gasteiger partial charge is 0.314 e. The van der Waals surface area contributed by atoms with E-state index in [1.165, 1.54) is 48.4 Å². The van der Waals surface area contributed by atoms with Gasteiger partial charge in [-0.3, -0.25) is 0 Å². The predicted molar refractivity (Wildman–Crippen MR) is 72.2 cm³/mol. The van der Waals surface area contributed by atoms with Crippen molar-refractivity contribution in [2.45, 2.75) is 43.5 Å². The molecule has 1 saturated carbocycles. The lowest BCUT2D eigenvalue weighted by molar-refractivity contribution is 0.640. The summed E-state index contributed by atoms with van der Waals surface area (Å²) in [6.45, 7) is 3.36. The summed E-state index contributed by atoms with van der Waals surface area (Å²) in [7, 11) is 0. The number of benzene rings is 1. The molecule has 0 amide bonds. The Kier molecular flexibility index (Phi) is 4.73. The molecule has 0 spiro atoms. The van der Waals surface area contributed by atoms with Crippen LogP contribution in [0.1, 0.15) is 31.2 Å². The molecule has 1 aliphatic carbocycles. The Labute approximate surface area is 103 Å². The molecule has 2 heteroatoms. The first-order valence-corrected chi connectivity index (χ1v) is 7.26. The van der Waals surface area contributed by atoms with Crippen molar-refractivity contribution in [2.75, 3.05) is 12.3 Å². The Morgan fingerprint density at radius 3 is 2.94 bits per heavy atom. The second kappa shape index (κ2) is 6.31. The number of hydrogen-bond donors (Lipinski definition) is 1. The third-order valence-corrected chi connectivity index (χ3v) is 3.92. The minimum Gasteiger partial charge on any atom is -0.314 e. The van der Waals surface area contributed by atoms with Gasteiger partial charge in [0, 0.05) is 10.9 Å². The van der Waals surface area contributed by atoms with Crippen LogP contribution in [0.15, 0.2) is 29.2 Å². The van der Waals surface area contributed by atoms with Crippen molar-refractivity contribution < 1.29 is 0 Å². The number of thioether (sulfide) groups is 1. The lowest BCUT2D eigenvalue weighted by atomic mass is 10.2. The fourth-order valence-corrected chi connectivity index (χ4v) is 2.74. The Morgan fingerprint density at radius 1 is 1.31 bits per heavy atom. The maximum Gasteiger partial charge on any atom is 0.00745 e. The summed E-state index contributed by atoms with van der Waals surface area (Å²) in [4.78, 5) is 1.41. The van der Waals surface area contributed by atoms with Gasteiger partial charge in [-0.25, -0.2) is 0 Å².